The fourth-order valence-corrected chi connectivity index (χ4v) is 8.26. The molecular formula is C36H51F3O5S5. The van der Waals surface area contributed by atoms with Crippen LogP contribution in [0.15, 0.2) is 77.4 Å². The molecule has 0 aliphatic heterocycles. The topological polar surface area (TPSA) is 80.7 Å². The van der Waals surface area contributed by atoms with Gasteiger partial charge in [0.1, 0.15) is 11.4 Å². The van der Waals surface area contributed by atoms with Gasteiger partial charge in [-0.2, -0.15) is 75.6 Å². The van der Waals surface area contributed by atoms with Crippen molar-refractivity contribution in [3.8, 4) is 17.6 Å². The molecule has 0 bridgehead atoms. The number of hydrogen-bond donors (Lipinski definition) is 1. The zero-order chi connectivity index (χ0) is 29.9. The van der Waals surface area contributed by atoms with E-state index >= 15 is 0 Å². The maximum atomic E-state index is 12.9. The second-order valence-electron chi connectivity index (χ2n) is 12.1. The largest absolute Gasteiger partial charge is 0.534 e. The molecule has 5 atom stereocenters. The van der Waals surface area contributed by atoms with Crippen molar-refractivity contribution in [3.05, 3.63) is 88.5 Å². The molecule has 0 heterocycles. The molecule has 5 nitrogen and oxygen atoms in total. The van der Waals surface area contributed by atoms with Gasteiger partial charge in [-0.15, -0.1) is 0 Å². The second-order valence-corrected chi connectivity index (χ2v) is 13.6. The Bertz CT molecular complexity index is 1660. The molecule has 49 heavy (non-hydrogen) atoms. The highest BCUT2D eigenvalue weighted by Gasteiger charge is 2.62. The summed E-state index contributed by atoms with van der Waals surface area (Å²) in [6.07, 6.45) is 6.33. The molecule has 0 spiro atoms. The lowest BCUT2D eigenvalue weighted by Gasteiger charge is -2.53. The first-order valence-electron chi connectivity index (χ1n) is 14.2. The molecule has 13 heteroatoms. The number of carbonyl (C=O) groups is 1. The zero-order valence-corrected chi connectivity index (χ0v) is 29.9. The Morgan fingerprint density at radius 2 is 1.51 bits per heavy atom. The van der Waals surface area contributed by atoms with Crippen LogP contribution < -0.4 is 4.18 Å². The highest BCUT2D eigenvalue weighted by molar-refractivity contribution is 7.88. The molecule has 6 rings (SSSR count). The Morgan fingerprint density at radius 1 is 0.898 bits per heavy atom. The van der Waals surface area contributed by atoms with Crippen molar-refractivity contribution < 1.29 is 35.7 Å². The van der Waals surface area contributed by atoms with Gasteiger partial charge in [-0.25, -0.2) is 0 Å². The fourth-order valence-electron chi connectivity index (χ4n) is 7.80. The maximum absolute atomic E-state index is 12.9. The van der Waals surface area contributed by atoms with Crippen LogP contribution in [0.5, 0.6) is 5.75 Å². The first-order valence-corrected chi connectivity index (χ1v) is 15.6. The Hall–Kier alpha value is -1.95. The summed E-state index contributed by atoms with van der Waals surface area (Å²) < 4.78 is 66.1. The summed E-state index contributed by atoms with van der Waals surface area (Å²) in [7, 11) is -5.79. The number of hydrogen-bond acceptors (Lipinski definition) is 5. The lowest BCUT2D eigenvalue weighted by molar-refractivity contribution is -0.114. The van der Waals surface area contributed by atoms with Crippen LogP contribution in [-0.4, -0.2) is 30.4 Å². The van der Waals surface area contributed by atoms with Crippen molar-refractivity contribution in [1.82, 2.24) is 0 Å². The number of rotatable bonds is 3. The smallest absolute Gasteiger partial charge is 0.377 e. The number of aliphatic hydroxyl groups is 1. The van der Waals surface area contributed by atoms with Crippen LogP contribution in [0.2, 0.25) is 0 Å². The number of halogens is 3. The van der Waals surface area contributed by atoms with Gasteiger partial charge >= 0.3 is 15.6 Å². The SMILES string of the molecule is C.C.C.C[C@]12C[C@H](c3ccc(OS(=O)(=O)C(F)(F)F)cc3)C3=C4CCC(=O)C=C4CC[C@H]3[C@@H]1CC[C@@]2(O)C#Cc1ccccc1.S.S.S.S. The van der Waals surface area contributed by atoms with Crippen molar-refractivity contribution >= 4 is 69.9 Å². The van der Waals surface area contributed by atoms with Gasteiger partial charge in [0.15, 0.2) is 5.78 Å². The molecule has 2 saturated carbocycles. The van der Waals surface area contributed by atoms with Crippen molar-refractivity contribution in [3.63, 3.8) is 0 Å². The summed E-state index contributed by atoms with van der Waals surface area (Å²) in [5.41, 5.74) is -2.27. The molecule has 2 fully saturated rings. The standard InChI is InChI=1S/C33H31F3O5S.3CH4.4H2S/c1-31-20-28(22-7-11-25(12-8-22)41-42(39,40)33(34,35)36)30-26-14-10-24(37)19-23(26)9-13-27(30)29(31)16-18-32(31,38)17-15-21-5-3-2-4-6-21;;;;;;;/h2-8,11-12,19,27-29,38H,9-10,13-14,16,18,20H2,1H3;3*1H4;4*1H2/t27-,28+,29-,31-,32-;;;;;;;/m0......./s1. The minimum atomic E-state index is -5.79. The van der Waals surface area contributed by atoms with Crippen LogP contribution >= 0.6 is 54.0 Å². The molecule has 1 N–H and O–H groups in total. The van der Waals surface area contributed by atoms with E-state index in [4.69, 9.17) is 0 Å². The summed E-state index contributed by atoms with van der Waals surface area (Å²) in [6, 6.07) is 15.2. The highest BCUT2D eigenvalue weighted by atomic mass is 32.2. The Balaban J connectivity index is 0. The first kappa shape index (κ1) is 49.2. The van der Waals surface area contributed by atoms with Crippen LogP contribution in [0.4, 0.5) is 13.2 Å². The summed E-state index contributed by atoms with van der Waals surface area (Å²) in [5, 5.41) is 12.1. The summed E-state index contributed by atoms with van der Waals surface area (Å²) >= 11 is 0. The van der Waals surface area contributed by atoms with E-state index in [0.717, 1.165) is 36.0 Å². The molecule has 0 aromatic heterocycles. The van der Waals surface area contributed by atoms with Gasteiger partial charge in [0.05, 0.1) is 0 Å². The predicted octanol–water partition coefficient (Wildman–Crippen LogP) is 8.96. The summed E-state index contributed by atoms with van der Waals surface area (Å²) in [6.45, 7) is 2.10. The molecule has 276 valence electrons. The minimum Gasteiger partial charge on any atom is -0.377 e. The summed E-state index contributed by atoms with van der Waals surface area (Å²) in [4.78, 5) is 12.3. The van der Waals surface area contributed by atoms with Gasteiger partial charge in [-0.3, -0.25) is 4.79 Å². The average molecular weight is 781 g/mol. The monoisotopic (exact) mass is 780 g/mol. The van der Waals surface area contributed by atoms with E-state index in [9.17, 15) is 31.5 Å². The quantitative estimate of drug-likeness (QED) is 0.191. The molecule has 0 radical (unpaired) electrons. The van der Waals surface area contributed by atoms with Gasteiger partial charge < -0.3 is 9.29 Å². The number of carbonyl (C=O) groups excluding carboxylic acids is 1. The van der Waals surface area contributed by atoms with Crippen molar-refractivity contribution in [1.29, 1.82) is 0 Å². The van der Waals surface area contributed by atoms with E-state index in [0.29, 0.717) is 25.7 Å². The molecular weight excluding hydrogens is 730 g/mol. The average Bonchev–Trinajstić information content (AvgIpc) is 3.21. The van der Waals surface area contributed by atoms with Gasteiger partial charge in [0.25, 0.3) is 0 Å². The Morgan fingerprint density at radius 3 is 2.10 bits per heavy atom. The van der Waals surface area contributed by atoms with Crippen LogP contribution in [0.1, 0.15) is 91.2 Å². The number of ketones is 1. The molecule has 2 aromatic carbocycles. The molecule has 4 aliphatic carbocycles. The van der Waals surface area contributed by atoms with E-state index in [2.05, 4.69) is 22.9 Å². The number of alkyl halides is 3. The van der Waals surface area contributed by atoms with E-state index in [1.54, 1.807) is 18.2 Å². The van der Waals surface area contributed by atoms with E-state index in [1.807, 2.05) is 30.3 Å². The van der Waals surface area contributed by atoms with Gasteiger partial charge in [-0.1, -0.05) is 76.9 Å². The minimum absolute atomic E-state index is 0. The first-order chi connectivity index (χ1) is 19.8. The fraction of sp³-hybridized carbons (Fsp3) is 0.472. The van der Waals surface area contributed by atoms with Crippen LogP contribution in [0.3, 0.4) is 0 Å². The van der Waals surface area contributed by atoms with Gasteiger partial charge in [0.2, 0.25) is 0 Å². The van der Waals surface area contributed by atoms with Gasteiger partial charge in [0, 0.05) is 23.3 Å². The lowest BCUT2D eigenvalue weighted by atomic mass is 9.51. The normalized spacial score (nSPS) is 26.4. The number of fused-ring (bicyclic) bond motifs is 4. The van der Waals surface area contributed by atoms with Crippen LogP contribution in [0.25, 0.3) is 0 Å². The Kier molecular flexibility index (Phi) is 18.1. The maximum Gasteiger partial charge on any atom is 0.534 e. The third-order valence-electron chi connectivity index (χ3n) is 9.85. The molecule has 0 amide bonds. The van der Waals surface area contributed by atoms with Crippen molar-refractivity contribution in [2.75, 3.05) is 0 Å². The third-order valence-corrected chi connectivity index (χ3v) is 10.8. The van der Waals surface area contributed by atoms with E-state index < -0.39 is 32.4 Å². The lowest BCUT2D eigenvalue weighted by Crippen LogP contribution is -2.51. The van der Waals surface area contributed by atoms with Crippen molar-refractivity contribution in [2.24, 2.45) is 17.3 Å². The third kappa shape index (κ3) is 8.93. The molecule has 2 aromatic rings. The van der Waals surface area contributed by atoms with E-state index in [1.165, 1.54) is 23.3 Å². The molecule has 0 unspecified atom stereocenters. The second kappa shape index (κ2) is 18.0. The predicted molar refractivity (Wildman–Crippen MR) is 212 cm³/mol. The van der Waals surface area contributed by atoms with Crippen molar-refractivity contribution in [2.45, 2.75) is 91.2 Å². The molecule has 0 saturated heterocycles. The zero-order valence-electron chi connectivity index (χ0n) is 25.1. The van der Waals surface area contributed by atoms with Crippen LogP contribution in [0, 0.1) is 29.1 Å². The van der Waals surface area contributed by atoms with E-state index in [-0.39, 0.29) is 99.8 Å². The summed E-state index contributed by atoms with van der Waals surface area (Å²) in [5.74, 6) is 6.23. The van der Waals surface area contributed by atoms with Crippen LogP contribution in [-0.2, 0) is 14.9 Å². The molecule has 4 aliphatic rings. The Labute approximate surface area is 318 Å². The number of benzene rings is 2. The van der Waals surface area contributed by atoms with Gasteiger partial charge in [-0.05, 0) is 97.4 Å². The number of allylic oxidation sites excluding steroid dienone is 4. The highest BCUT2D eigenvalue weighted by Crippen LogP contribution is 2.66.